The van der Waals surface area contributed by atoms with E-state index in [0.29, 0.717) is 6.04 Å². The SMILES string of the molecule is CCCC1CCC(NCc2sc3ccccc3c2Cl)CC1. The van der Waals surface area contributed by atoms with Gasteiger partial charge < -0.3 is 5.32 Å². The van der Waals surface area contributed by atoms with Crippen LogP contribution in [-0.4, -0.2) is 6.04 Å². The fourth-order valence-electron chi connectivity index (χ4n) is 3.48. The normalized spacial score (nSPS) is 22.8. The third-order valence-corrected chi connectivity index (χ3v) is 6.41. The Kier molecular flexibility index (Phi) is 5.20. The molecule has 1 N–H and O–H groups in total. The van der Waals surface area contributed by atoms with Gasteiger partial charge in [0.15, 0.2) is 0 Å². The van der Waals surface area contributed by atoms with Crippen LogP contribution in [0.1, 0.15) is 50.3 Å². The summed E-state index contributed by atoms with van der Waals surface area (Å²) in [5, 5.41) is 5.88. The summed E-state index contributed by atoms with van der Waals surface area (Å²) in [6.45, 7) is 3.22. The van der Waals surface area contributed by atoms with Gasteiger partial charge in [0.05, 0.1) is 5.02 Å². The minimum Gasteiger partial charge on any atom is -0.309 e. The lowest BCUT2D eigenvalue weighted by molar-refractivity contribution is 0.278. The molecule has 1 aliphatic carbocycles. The molecule has 21 heavy (non-hydrogen) atoms. The van der Waals surface area contributed by atoms with Crippen LogP contribution in [0, 0.1) is 5.92 Å². The molecule has 0 spiro atoms. The molecule has 0 aliphatic heterocycles. The predicted octanol–water partition coefficient (Wildman–Crippen LogP) is 6.00. The molecule has 0 bridgehead atoms. The van der Waals surface area contributed by atoms with Crippen LogP contribution >= 0.6 is 22.9 Å². The zero-order valence-corrected chi connectivity index (χ0v) is 14.3. The lowest BCUT2D eigenvalue weighted by atomic mass is 9.83. The molecule has 0 saturated heterocycles. The van der Waals surface area contributed by atoms with Crippen LogP contribution in [0.4, 0.5) is 0 Å². The van der Waals surface area contributed by atoms with Crippen molar-refractivity contribution in [3.63, 3.8) is 0 Å². The highest BCUT2D eigenvalue weighted by atomic mass is 35.5. The van der Waals surface area contributed by atoms with Gasteiger partial charge in [0.25, 0.3) is 0 Å². The van der Waals surface area contributed by atoms with E-state index < -0.39 is 0 Å². The predicted molar refractivity (Wildman–Crippen MR) is 94.3 cm³/mol. The van der Waals surface area contributed by atoms with E-state index in [0.717, 1.165) is 17.5 Å². The quantitative estimate of drug-likeness (QED) is 0.711. The molecule has 3 rings (SSSR count). The van der Waals surface area contributed by atoms with Gasteiger partial charge in [-0.05, 0) is 37.7 Å². The second-order valence-electron chi connectivity index (χ2n) is 6.22. The molecule has 1 heterocycles. The van der Waals surface area contributed by atoms with Crippen LogP contribution in [-0.2, 0) is 6.54 Å². The average Bonchev–Trinajstić information content (AvgIpc) is 2.84. The monoisotopic (exact) mass is 321 g/mol. The molecule has 0 amide bonds. The Morgan fingerprint density at radius 2 is 1.95 bits per heavy atom. The summed E-state index contributed by atoms with van der Waals surface area (Å²) in [7, 11) is 0. The lowest BCUT2D eigenvalue weighted by Crippen LogP contribution is -2.32. The summed E-state index contributed by atoms with van der Waals surface area (Å²) in [6, 6.07) is 9.10. The average molecular weight is 322 g/mol. The number of thiophene rings is 1. The number of benzene rings is 1. The molecule has 0 radical (unpaired) electrons. The maximum Gasteiger partial charge on any atom is 0.0636 e. The van der Waals surface area contributed by atoms with E-state index in [2.05, 4.69) is 36.5 Å². The molecular weight excluding hydrogens is 298 g/mol. The van der Waals surface area contributed by atoms with Crippen molar-refractivity contribution in [2.75, 3.05) is 0 Å². The zero-order chi connectivity index (χ0) is 14.7. The van der Waals surface area contributed by atoms with Gasteiger partial charge in [-0.15, -0.1) is 11.3 Å². The maximum absolute atomic E-state index is 6.51. The summed E-state index contributed by atoms with van der Waals surface area (Å²) in [5.74, 6) is 0.973. The van der Waals surface area contributed by atoms with E-state index in [1.54, 1.807) is 0 Å². The smallest absolute Gasteiger partial charge is 0.0636 e. The zero-order valence-electron chi connectivity index (χ0n) is 12.7. The van der Waals surface area contributed by atoms with Crippen LogP contribution in [0.2, 0.25) is 5.02 Å². The number of nitrogens with one attached hydrogen (secondary N) is 1. The van der Waals surface area contributed by atoms with E-state index in [-0.39, 0.29) is 0 Å². The van der Waals surface area contributed by atoms with E-state index >= 15 is 0 Å². The topological polar surface area (TPSA) is 12.0 Å². The molecule has 1 aliphatic rings. The molecule has 1 fully saturated rings. The number of halogens is 1. The molecule has 1 aromatic carbocycles. The largest absolute Gasteiger partial charge is 0.309 e. The van der Waals surface area contributed by atoms with Crippen LogP contribution in [0.3, 0.4) is 0 Å². The first kappa shape index (κ1) is 15.3. The van der Waals surface area contributed by atoms with Gasteiger partial charge in [0.1, 0.15) is 0 Å². The summed E-state index contributed by atoms with van der Waals surface area (Å²) < 4.78 is 1.30. The second-order valence-corrected chi connectivity index (χ2v) is 7.74. The minimum absolute atomic E-state index is 0.680. The van der Waals surface area contributed by atoms with Crippen molar-refractivity contribution in [1.82, 2.24) is 5.32 Å². The van der Waals surface area contributed by atoms with Crippen LogP contribution in [0.25, 0.3) is 10.1 Å². The first-order chi connectivity index (χ1) is 10.3. The van der Waals surface area contributed by atoms with E-state index in [4.69, 9.17) is 11.6 Å². The highest BCUT2D eigenvalue weighted by molar-refractivity contribution is 7.19. The molecule has 1 nitrogen and oxygen atoms in total. The van der Waals surface area contributed by atoms with E-state index in [1.165, 1.54) is 53.5 Å². The molecular formula is C18H24ClNS. The van der Waals surface area contributed by atoms with Crippen molar-refractivity contribution < 1.29 is 0 Å². The Labute approximate surface area is 136 Å². The van der Waals surface area contributed by atoms with Crippen molar-refractivity contribution >= 4 is 33.0 Å². The van der Waals surface area contributed by atoms with Crippen molar-refractivity contribution in [1.29, 1.82) is 0 Å². The summed E-state index contributed by atoms with van der Waals surface area (Å²) in [4.78, 5) is 1.29. The third-order valence-electron chi connectivity index (χ3n) is 4.70. The lowest BCUT2D eigenvalue weighted by Gasteiger charge is -2.29. The number of hydrogen-bond donors (Lipinski definition) is 1. The van der Waals surface area contributed by atoms with Gasteiger partial charge >= 0.3 is 0 Å². The Bertz CT molecular complexity index is 584. The summed E-state index contributed by atoms with van der Waals surface area (Å²) >= 11 is 8.34. The maximum atomic E-state index is 6.51. The molecule has 2 aromatic rings. The number of hydrogen-bond acceptors (Lipinski definition) is 2. The highest BCUT2D eigenvalue weighted by Crippen LogP contribution is 2.35. The van der Waals surface area contributed by atoms with E-state index in [9.17, 15) is 0 Å². The van der Waals surface area contributed by atoms with Gasteiger partial charge in [0.2, 0.25) is 0 Å². The van der Waals surface area contributed by atoms with Crippen molar-refractivity contribution in [2.45, 2.75) is 58.0 Å². The Hall–Kier alpha value is -0.570. The fourth-order valence-corrected chi connectivity index (χ4v) is 4.93. The standard InChI is InChI=1S/C18H24ClNS/c1-2-5-13-8-10-14(11-9-13)20-12-17-18(19)15-6-3-4-7-16(15)21-17/h3-4,6-7,13-14,20H,2,5,8-12H2,1H3. The minimum atomic E-state index is 0.680. The van der Waals surface area contributed by atoms with Gasteiger partial charge in [-0.1, -0.05) is 49.6 Å². The van der Waals surface area contributed by atoms with Gasteiger partial charge in [-0.2, -0.15) is 0 Å². The summed E-state index contributed by atoms with van der Waals surface area (Å²) in [5.41, 5.74) is 0. The van der Waals surface area contributed by atoms with Crippen molar-refractivity contribution in [2.24, 2.45) is 5.92 Å². The molecule has 1 saturated carbocycles. The van der Waals surface area contributed by atoms with Gasteiger partial charge in [-0.25, -0.2) is 0 Å². The first-order valence-electron chi connectivity index (χ1n) is 8.17. The van der Waals surface area contributed by atoms with Crippen LogP contribution in [0.5, 0.6) is 0 Å². The number of rotatable bonds is 5. The van der Waals surface area contributed by atoms with Crippen molar-refractivity contribution in [3.05, 3.63) is 34.2 Å². The summed E-state index contributed by atoms with van der Waals surface area (Å²) in [6.07, 6.45) is 8.19. The Morgan fingerprint density at radius 1 is 1.19 bits per heavy atom. The van der Waals surface area contributed by atoms with Crippen molar-refractivity contribution in [3.8, 4) is 0 Å². The third kappa shape index (κ3) is 3.61. The molecule has 114 valence electrons. The number of fused-ring (bicyclic) bond motifs is 1. The van der Waals surface area contributed by atoms with Crippen LogP contribution in [0.15, 0.2) is 24.3 Å². The molecule has 1 aromatic heterocycles. The van der Waals surface area contributed by atoms with Gasteiger partial charge in [-0.3, -0.25) is 0 Å². The highest BCUT2D eigenvalue weighted by Gasteiger charge is 2.20. The van der Waals surface area contributed by atoms with E-state index in [1.807, 2.05) is 11.3 Å². The second kappa shape index (κ2) is 7.13. The molecule has 0 atom stereocenters. The Morgan fingerprint density at radius 3 is 2.67 bits per heavy atom. The van der Waals surface area contributed by atoms with Gasteiger partial charge in [0, 0.05) is 27.5 Å². The first-order valence-corrected chi connectivity index (χ1v) is 9.36. The van der Waals surface area contributed by atoms with Crippen LogP contribution < -0.4 is 5.32 Å². The molecule has 3 heteroatoms. The Balaban J connectivity index is 1.56. The fraction of sp³-hybridized carbons (Fsp3) is 0.556. The molecule has 0 unspecified atom stereocenters.